The smallest absolute Gasteiger partial charge is 0.132 e. The molecule has 20 heavy (non-hydrogen) atoms. The van der Waals surface area contributed by atoms with Crippen LogP contribution in [0.15, 0.2) is 52.3 Å². The van der Waals surface area contributed by atoms with Crippen LogP contribution in [0.3, 0.4) is 0 Å². The van der Waals surface area contributed by atoms with Gasteiger partial charge in [-0.3, -0.25) is 0 Å². The molecule has 106 valence electrons. The lowest BCUT2D eigenvalue weighted by atomic mass is 10.1. The zero-order valence-corrected chi connectivity index (χ0v) is 13.4. The minimum atomic E-state index is 0.290. The normalized spacial score (nSPS) is 12.2. The van der Waals surface area contributed by atoms with Crippen LogP contribution in [0.4, 0.5) is 0 Å². The summed E-state index contributed by atoms with van der Waals surface area (Å²) in [5, 5.41) is 3.97. The van der Waals surface area contributed by atoms with Gasteiger partial charge in [-0.1, -0.05) is 41.6 Å². The summed E-state index contributed by atoms with van der Waals surface area (Å²) in [5.41, 5.74) is 1.18. The van der Waals surface area contributed by atoms with Gasteiger partial charge in [0.25, 0.3) is 0 Å². The molecule has 0 heterocycles. The third-order valence-corrected chi connectivity index (χ3v) is 4.74. The molecule has 0 aliphatic rings. The van der Waals surface area contributed by atoms with E-state index in [4.69, 9.17) is 16.3 Å². The van der Waals surface area contributed by atoms with Gasteiger partial charge in [0, 0.05) is 10.9 Å². The molecule has 0 amide bonds. The number of para-hydroxylation sites is 1. The van der Waals surface area contributed by atoms with Crippen molar-refractivity contribution >= 4 is 23.4 Å². The van der Waals surface area contributed by atoms with Gasteiger partial charge in [-0.15, -0.1) is 0 Å². The van der Waals surface area contributed by atoms with Gasteiger partial charge >= 0.3 is 0 Å². The van der Waals surface area contributed by atoms with Gasteiger partial charge in [-0.05, 0) is 43.8 Å². The number of nitrogens with one attached hydrogen (secondary N) is 1. The molecule has 1 atom stereocenters. The maximum absolute atomic E-state index is 6.39. The predicted octanol–water partition coefficient (Wildman–Crippen LogP) is 4.78. The molecular weight excluding hydrogens is 290 g/mol. The lowest BCUT2D eigenvalue weighted by molar-refractivity contribution is 0.405. The molecule has 0 aliphatic carbocycles. The van der Waals surface area contributed by atoms with E-state index in [1.165, 1.54) is 5.56 Å². The second-order valence-corrected chi connectivity index (χ2v) is 5.94. The summed E-state index contributed by atoms with van der Waals surface area (Å²) in [6.45, 7) is 2.11. The maximum atomic E-state index is 6.39. The van der Waals surface area contributed by atoms with Gasteiger partial charge in [0.15, 0.2) is 0 Å². The first-order valence-corrected chi connectivity index (χ1v) is 7.62. The number of ether oxygens (including phenoxy) is 1. The molecule has 0 saturated heterocycles. The van der Waals surface area contributed by atoms with Gasteiger partial charge in [0.05, 0.1) is 17.0 Å². The second-order valence-electron chi connectivity index (χ2n) is 4.45. The first-order chi connectivity index (χ1) is 9.65. The van der Waals surface area contributed by atoms with Gasteiger partial charge in [-0.25, -0.2) is 0 Å². The third-order valence-electron chi connectivity index (χ3n) is 3.18. The van der Waals surface area contributed by atoms with E-state index < -0.39 is 0 Å². The van der Waals surface area contributed by atoms with Crippen molar-refractivity contribution < 1.29 is 4.74 Å². The standard InChI is InChI=1S/C16H18ClNOS/c1-11(18-2)12-8-9-15(13(17)10-12)20-16-7-5-4-6-14(16)19-3/h4-11,18H,1-3H3. The Labute approximate surface area is 129 Å². The molecule has 0 radical (unpaired) electrons. The van der Waals surface area contributed by atoms with Crippen molar-refractivity contribution in [2.45, 2.75) is 22.8 Å². The van der Waals surface area contributed by atoms with Crippen molar-refractivity contribution in [1.29, 1.82) is 0 Å². The van der Waals surface area contributed by atoms with Crippen LogP contribution in [0.25, 0.3) is 0 Å². The van der Waals surface area contributed by atoms with Crippen LogP contribution < -0.4 is 10.1 Å². The molecule has 0 aliphatic heterocycles. The van der Waals surface area contributed by atoms with Crippen LogP contribution in [0.5, 0.6) is 5.75 Å². The monoisotopic (exact) mass is 307 g/mol. The summed E-state index contributed by atoms with van der Waals surface area (Å²) in [4.78, 5) is 2.09. The van der Waals surface area contributed by atoms with Gasteiger partial charge in [0.1, 0.15) is 5.75 Å². The minimum Gasteiger partial charge on any atom is -0.496 e. The molecular formula is C16H18ClNOS. The first kappa shape index (κ1) is 15.2. The number of hydrogen-bond acceptors (Lipinski definition) is 3. The summed E-state index contributed by atoms with van der Waals surface area (Å²) in [6, 6.07) is 14.4. The molecule has 1 unspecified atom stereocenters. The average molecular weight is 308 g/mol. The topological polar surface area (TPSA) is 21.3 Å². The molecule has 0 bridgehead atoms. The minimum absolute atomic E-state index is 0.290. The summed E-state index contributed by atoms with van der Waals surface area (Å²) in [5.74, 6) is 0.862. The fourth-order valence-corrected chi connectivity index (χ4v) is 3.09. The van der Waals surface area contributed by atoms with Crippen molar-refractivity contribution in [1.82, 2.24) is 5.32 Å². The average Bonchev–Trinajstić information content (AvgIpc) is 2.49. The van der Waals surface area contributed by atoms with Crippen LogP contribution in [0, 0.1) is 0 Å². The van der Waals surface area contributed by atoms with E-state index in [2.05, 4.69) is 24.4 Å². The zero-order chi connectivity index (χ0) is 14.5. The van der Waals surface area contributed by atoms with Crippen LogP contribution in [0.1, 0.15) is 18.5 Å². The van der Waals surface area contributed by atoms with E-state index >= 15 is 0 Å². The van der Waals surface area contributed by atoms with Crippen LogP contribution in [0.2, 0.25) is 5.02 Å². The molecule has 2 rings (SSSR count). The van der Waals surface area contributed by atoms with E-state index in [0.29, 0.717) is 0 Å². The van der Waals surface area contributed by atoms with Crippen molar-refractivity contribution in [2.24, 2.45) is 0 Å². The molecule has 0 spiro atoms. The highest BCUT2D eigenvalue weighted by Gasteiger charge is 2.10. The lowest BCUT2D eigenvalue weighted by Gasteiger charge is -2.13. The quantitative estimate of drug-likeness (QED) is 0.859. The van der Waals surface area contributed by atoms with Gasteiger partial charge in [-0.2, -0.15) is 0 Å². The van der Waals surface area contributed by atoms with E-state index in [1.807, 2.05) is 37.4 Å². The van der Waals surface area contributed by atoms with E-state index in [-0.39, 0.29) is 6.04 Å². The Bertz CT molecular complexity index is 588. The van der Waals surface area contributed by atoms with E-state index in [1.54, 1.807) is 18.9 Å². The van der Waals surface area contributed by atoms with Crippen molar-refractivity contribution in [3.05, 3.63) is 53.1 Å². The first-order valence-electron chi connectivity index (χ1n) is 6.43. The molecule has 0 fully saturated rings. The summed E-state index contributed by atoms with van der Waals surface area (Å²) in [7, 11) is 3.62. The van der Waals surface area contributed by atoms with Crippen LogP contribution in [-0.4, -0.2) is 14.2 Å². The zero-order valence-electron chi connectivity index (χ0n) is 11.8. The summed E-state index contributed by atoms with van der Waals surface area (Å²) >= 11 is 8.00. The number of benzene rings is 2. The maximum Gasteiger partial charge on any atom is 0.132 e. The highest BCUT2D eigenvalue weighted by molar-refractivity contribution is 7.99. The summed E-state index contributed by atoms with van der Waals surface area (Å²) in [6.07, 6.45) is 0. The van der Waals surface area contributed by atoms with Crippen molar-refractivity contribution in [3.63, 3.8) is 0 Å². The molecule has 2 nitrogen and oxygen atoms in total. The number of hydrogen-bond donors (Lipinski definition) is 1. The number of halogens is 1. The Kier molecular flexibility index (Phi) is 5.35. The molecule has 1 N–H and O–H groups in total. The Morgan fingerprint density at radius 2 is 1.90 bits per heavy atom. The molecule has 0 saturated carbocycles. The Balaban J connectivity index is 2.26. The SMILES string of the molecule is CNC(C)c1ccc(Sc2ccccc2OC)c(Cl)c1. The Hall–Kier alpha value is -1.16. The largest absolute Gasteiger partial charge is 0.496 e. The third kappa shape index (κ3) is 3.48. The molecule has 2 aromatic carbocycles. The Morgan fingerprint density at radius 1 is 1.15 bits per heavy atom. The number of methoxy groups -OCH3 is 1. The molecule has 0 aromatic heterocycles. The fourth-order valence-electron chi connectivity index (χ4n) is 1.86. The van der Waals surface area contributed by atoms with Crippen molar-refractivity contribution in [3.8, 4) is 5.75 Å². The summed E-state index contributed by atoms with van der Waals surface area (Å²) < 4.78 is 5.36. The Morgan fingerprint density at radius 3 is 2.55 bits per heavy atom. The van der Waals surface area contributed by atoms with Crippen molar-refractivity contribution in [2.75, 3.05) is 14.2 Å². The predicted molar refractivity (Wildman–Crippen MR) is 86.0 cm³/mol. The highest BCUT2D eigenvalue weighted by Crippen LogP contribution is 2.38. The lowest BCUT2D eigenvalue weighted by Crippen LogP contribution is -2.12. The molecule has 4 heteroatoms. The van der Waals surface area contributed by atoms with Crippen LogP contribution >= 0.6 is 23.4 Å². The van der Waals surface area contributed by atoms with Crippen LogP contribution in [-0.2, 0) is 0 Å². The van der Waals surface area contributed by atoms with E-state index in [9.17, 15) is 0 Å². The highest BCUT2D eigenvalue weighted by atomic mass is 35.5. The van der Waals surface area contributed by atoms with E-state index in [0.717, 1.165) is 20.6 Å². The number of rotatable bonds is 5. The van der Waals surface area contributed by atoms with Gasteiger partial charge in [0.2, 0.25) is 0 Å². The fraction of sp³-hybridized carbons (Fsp3) is 0.250. The molecule has 2 aromatic rings. The van der Waals surface area contributed by atoms with Gasteiger partial charge < -0.3 is 10.1 Å². The second kappa shape index (κ2) is 7.02.